The number of fused-ring (bicyclic) bond motifs is 3. The molecule has 2 aromatic heterocycles. The van der Waals surface area contributed by atoms with Crippen LogP contribution in [-0.4, -0.2) is 37.6 Å². The first kappa shape index (κ1) is 14.8. The van der Waals surface area contributed by atoms with Gasteiger partial charge >= 0.3 is 0 Å². The van der Waals surface area contributed by atoms with E-state index in [2.05, 4.69) is 15.2 Å². The van der Waals surface area contributed by atoms with Gasteiger partial charge in [-0.15, -0.1) is 21.8 Å². The second kappa shape index (κ2) is 5.41. The van der Waals surface area contributed by atoms with Gasteiger partial charge in [0.1, 0.15) is 11.7 Å². The van der Waals surface area contributed by atoms with Crippen molar-refractivity contribution in [1.82, 2.24) is 24.6 Å². The first-order chi connectivity index (χ1) is 11.6. The first-order valence-corrected chi connectivity index (χ1v) is 7.62. The van der Waals surface area contributed by atoms with Crippen LogP contribution in [0.3, 0.4) is 0 Å². The van der Waals surface area contributed by atoms with Crippen molar-refractivity contribution in [2.45, 2.75) is 12.4 Å². The van der Waals surface area contributed by atoms with E-state index < -0.39 is 5.82 Å². The minimum Gasteiger partial charge on any atom is -0.417 e. The Bertz CT molecular complexity index is 951. The van der Waals surface area contributed by atoms with Gasteiger partial charge < -0.3 is 9.32 Å². The Labute approximate surface area is 140 Å². The number of imidazole rings is 1. The number of benzene rings is 1. The molecule has 0 saturated carbocycles. The number of alkyl halides is 1. The maximum atomic E-state index is 13.7. The summed E-state index contributed by atoms with van der Waals surface area (Å²) in [6.45, 7) is 0.318. The van der Waals surface area contributed by atoms with Crippen LogP contribution >= 0.6 is 11.6 Å². The minimum absolute atomic E-state index is 0.0869. The number of carbonyl (C=O) groups is 1. The van der Waals surface area contributed by atoms with E-state index in [0.717, 1.165) is 5.69 Å². The van der Waals surface area contributed by atoms with E-state index in [-0.39, 0.29) is 29.1 Å². The third-order valence-electron chi connectivity index (χ3n) is 3.78. The highest BCUT2D eigenvalue weighted by atomic mass is 35.5. The van der Waals surface area contributed by atoms with Crippen molar-refractivity contribution < 1.29 is 13.6 Å². The summed E-state index contributed by atoms with van der Waals surface area (Å²) >= 11 is 5.69. The molecular formula is C15H11ClFN5O2. The van der Waals surface area contributed by atoms with Crippen molar-refractivity contribution in [3.63, 3.8) is 0 Å². The third-order valence-corrected chi connectivity index (χ3v) is 4.01. The summed E-state index contributed by atoms with van der Waals surface area (Å²) in [5.41, 5.74) is 1.50. The van der Waals surface area contributed by atoms with Crippen LogP contribution in [0.1, 0.15) is 21.9 Å². The lowest BCUT2D eigenvalue weighted by Gasteiger charge is -2.13. The van der Waals surface area contributed by atoms with Crippen LogP contribution in [-0.2, 0) is 12.4 Å². The average molecular weight is 348 g/mol. The molecule has 1 amide bonds. The number of hydrogen-bond donors (Lipinski definition) is 0. The Balaban J connectivity index is 1.97. The molecule has 0 aliphatic carbocycles. The molecule has 1 aliphatic heterocycles. The van der Waals surface area contributed by atoms with Gasteiger partial charge in [-0.25, -0.2) is 9.37 Å². The number of nitrogens with zero attached hydrogens (tertiary/aromatic N) is 5. The summed E-state index contributed by atoms with van der Waals surface area (Å²) in [6.07, 6.45) is 1.63. The third kappa shape index (κ3) is 2.18. The molecule has 0 N–H and O–H groups in total. The van der Waals surface area contributed by atoms with Crippen molar-refractivity contribution in [2.24, 2.45) is 0 Å². The molecule has 0 atom stereocenters. The van der Waals surface area contributed by atoms with Gasteiger partial charge in [0.2, 0.25) is 11.7 Å². The second-order valence-corrected chi connectivity index (χ2v) is 5.63. The molecule has 24 heavy (non-hydrogen) atoms. The van der Waals surface area contributed by atoms with E-state index in [9.17, 15) is 9.18 Å². The van der Waals surface area contributed by atoms with Crippen LogP contribution in [0.4, 0.5) is 4.39 Å². The highest BCUT2D eigenvalue weighted by Gasteiger charge is 2.28. The number of rotatable bonds is 2. The Morgan fingerprint density at radius 3 is 2.96 bits per heavy atom. The van der Waals surface area contributed by atoms with E-state index in [1.807, 2.05) is 0 Å². The highest BCUT2D eigenvalue weighted by Crippen LogP contribution is 2.30. The summed E-state index contributed by atoms with van der Waals surface area (Å²) in [7, 11) is 1.65. The predicted molar refractivity (Wildman–Crippen MR) is 82.2 cm³/mol. The summed E-state index contributed by atoms with van der Waals surface area (Å²) in [4.78, 5) is 18.3. The molecule has 122 valence electrons. The molecule has 0 bridgehead atoms. The number of halogens is 2. The second-order valence-electron chi connectivity index (χ2n) is 5.37. The monoisotopic (exact) mass is 347 g/mol. The zero-order valence-corrected chi connectivity index (χ0v) is 13.3. The van der Waals surface area contributed by atoms with E-state index in [1.54, 1.807) is 17.8 Å². The van der Waals surface area contributed by atoms with E-state index in [1.165, 1.54) is 23.1 Å². The average Bonchev–Trinajstić information content (AvgIpc) is 3.18. The molecule has 0 radical (unpaired) electrons. The quantitative estimate of drug-likeness (QED) is 0.665. The van der Waals surface area contributed by atoms with Crippen molar-refractivity contribution in [1.29, 1.82) is 0 Å². The Morgan fingerprint density at radius 1 is 1.38 bits per heavy atom. The van der Waals surface area contributed by atoms with Gasteiger partial charge in [-0.3, -0.25) is 9.36 Å². The summed E-state index contributed by atoms with van der Waals surface area (Å²) in [6, 6.07) is 4.04. The number of aromatic nitrogens is 4. The van der Waals surface area contributed by atoms with Gasteiger partial charge in [0.05, 0.1) is 29.7 Å². The lowest BCUT2D eigenvalue weighted by molar-refractivity contribution is 0.0787. The van der Waals surface area contributed by atoms with Gasteiger partial charge in [-0.2, -0.15) is 0 Å². The largest absolute Gasteiger partial charge is 0.417 e. The summed E-state index contributed by atoms with van der Waals surface area (Å²) in [5.74, 6) is 0.164. The van der Waals surface area contributed by atoms with Gasteiger partial charge in [0, 0.05) is 7.05 Å². The molecule has 0 saturated heterocycles. The van der Waals surface area contributed by atoms with Crippen molar-refractivity contribution in [3.05, 3.63) is 47.4 Å². The molecule has 9 heteroatoms. The lowest BCUT2D eigenvalue weighted by Crippen LogP contribution is -2.24. The van der Waals surface area contributed by atoms with Crippen molar-refractivity contribution in [2.75, 3.05) is 7.05 Å². The van der Waals surface area contributed by atoms with Crippen LogP contribution in [0, 0.1) is 5.82 Å². The van der Waals surface area contributed by atoms with Crippen LogP contribution in [0.25, 0.3) is 17.4 Å². The van der Waals surface area contributed by atoms with Gasteiger partial charge in [-0.05, 0) is 18.2 Å². The molecule has 3 aromatic rings. The maximum Gasteiger partial charge on any atom is 0.284 e. The minimum atomic E-state index is -0.483. The Hall–Kier alpha value is -2.74. The molecule has 4 rings (SSSR count). The SMILES string of the molecule is CN1Cc2cnc(-c3nnc(CCl)o3)n2-c2ccc(F)cc2C1=O. The lowest BCUT2D eigenvalue weighted by atomic mass is 10.1. The fourth-order valence-electron chi connectivity index (χ4n) is 2.71. The molecule has 1 aliphatic rings. The number of hydrogen-bond acceptors (Lipinski definition) is 5. The van der Waals surface area contributed by atoms with Gasteiger partial charge in [0.15, 0.2) is 0 Å². The molecule has 3 heterocycles. The topological polar surface area (TPSA) is 77.1 Å². The molecule has 7 nitrogen and oxygen atoms in total. The fourth-order valence-corrected chi connectivity index (χ4v) is 2.82. The molecule has 0 unspecified atom stereocenters. The Morgan fingerprint density at radius 2 is 2.21 bits per heavy atom. The molecule has 1 aromatic carbocycles. The number of amides is 1. The van der Waals surface area contributed by atoms with E-state index in [0.29, 0.717) is 18.1 Å². The fraction of sp³-hybridized carbons (Fsp3) is 0.200. The summed E-state index contributed by atoms with van der Waals surface area (Å²) < 4.78 is 20.8. The first-order valence-electron chi connectivity index (χ1n) is 7.09. The molecule has 0 fully saturated rings. The highest BCUT2D eigenvalue weighted by molar-refractivity contribution is 6.16. The van der Waals surface area contributed by atoms with Crippen LogP contribution in [0.5, 0.6) is 0 Å². The normalized spacial score (nSPS) is 13.6. The van der Waals surface area contributed by atoms with E-state index in [4.69, 9.17) is 16.0 Å². The number of carbonyl (C=O) groups excluding carboxylic acids is 1. The maximum absolute atomic E-state index is 13.7. The smallest absolute Gasteiger partial charge is 0.284 e. The van der Waals surface area contributed by atoms with Crippen molar-refractivity contribution in [3.8, 4) is 17.4 Å². The van der Waals surface area contributed by atoms with Gasteiger partial charge in [0.25, 0.3) is 11.8 Å². The van der Waals surface area contributed by atoms with E-state index >= 15 is 0 Å². The predicted octanol–water partition coefficient (Wildman–Crippen LogP) is 2.39. The standard InChI is InChI=1S/C15H11ClFN5O2/c1-21-7-9-6-18-13(14-20-19-12(5-16)24-14)22(9)11-3-2-8(17)4-10(11)15(21)23/h2-4,6H,5,7H2,1H3. The molecule has 0 spiro atoms. The molecular weight excluding hydrogens is 337 g/mol. The zero-order valence-electron chi connectivity index (χ0n) is 12.5. The van der Waals surface area contributed by atoms with Gasteiger partial charge in [-0.1, -0.05) is 0 Å². The zero-order chi connectivity index (χ0) is 16.8. The van der Waals surface area contributed by atoms with Crippen LogP contribution in [0.15, 0.2) is 28.8 Å². The van der Waals surface area contributed by atoms with Crippen LogP contribution in [0.2, 0.25) is 0 Å². The Kier molecular flexibility index (Phi) is 3.34. The van der Waals surface area contributed by atoms with Crippen LogP contribution < -0.4 is 0 Å². The van der Waals surface area contributed by atoms with Crippen molar-refractivity contribution >= 4 is 17.5 Å². The summed E-state index contributed by atoms with van der Waals surface area (Å²) in [5, 5.41) is 7.76.